The van der Waals surface area contributed by atoms with Gasteiger partial charge in [0.05, 0.1) is 5.69 Å². The lowest BCUT2D eigenvalue weighted by Gasteiger charge is -2.09. The second-order valence-electron chi connectivity index (χ2n) is 4.65. The van der Waals surface area contributed by atoms with Gasteiger partial charge in [0.25, 0.3) is 5.91 Å². The first-order valence-corrected chi connectivity index (χ1v) is 7.28. The zero-order valence-corrected chi connectivity index (χ0v) is 13.8. The Bertz CT molecular complexity index is 654. The van der Waals surface area contributed by atoms with Crippen molar-refractivity contribution < 1.29 is 9.59 Å². The Hall–Kier alpha value is -1.90. The van der Waals surface area contributed by atoms with Crippen molar-refractivity contribution >= 4 is 40.7 Å². The molecule has 7 nitrogen and oxygen atoms in total. The van der Waals surface area contributed by atoms with Gasteiger partial charge in [0.15, 0.2) is 5.13 Å². The lowest BCUT2D eigenvalue weighted by molar-refractivity contribution is -0.119. The number of H-pyrrole nitrogens is 1. The molecule has 0 aliphatic carbocycles. The first-order chi connectivity index (χ1) is 10.0. The van der Waals surface area contributed by atoms with Crippen LogP contribution in [0.3, 0.4) is 0 Å². The van der Waals surface area contributed by atoms with Crippen molar-refractivity contribution in [2.45, 2.75) is 6.92 Å². The third-order valence-electron chi connectivity index (χ3n) is 2.94. The van der Waals surface area contributed by atoms with Gasteiger partial charge < -0.3 is 21.4 Å². The van der Waals surface area contributed by atoms with E-state index >= 15 is 0 Å². The minimum Gasteiger partial charge on any atom is -0.364 e. The maximum Gasteiger partial charge on any atom is 0.265 e. The lowest BCUT2D eigenvalue weighted by atomic mass is 10.2. The topological polar surface area (TPSA) is 113 Å². The molecule has 0 saturated carbocycles. The van der Waals surface area contributed by atoms with Crippen LogP contribution in [0.1, 0.15) is 17.4 Å². The number of carbonyl (C=O) groups is 2. The van der Waals surface area contributed by atoms with E-state index < -0.39 is 5.91 Å². The molecule has 0 aliphatic heterocycles. The van der Waals surface area contributed by atoms with Crippen molar-refractivity contribution in [1.29, 1.82) is 0 Å². The summed E-state index contributed by atoms with van der Waals surface area (Å²) in [5.74, 6) is -0.751. The van der Waals surface area contributed by atoms with Crippen LogP contribution in [0.2, 0.25) is 0 Å². The minimum atomic E-state index is -0.522. The van der Waals surface area contributed by atoms with Crippen molar-refractivity contribution in [3.8, 4) is 11.3 Å². The highest BCUT2D eigenvalue weighted by atomic mass is 35.5. The number of aromatic amines is 1. The van der Waals surface area contributed by atoms with E-state index in [0.717, 1.165) is 5.56 Å². The number of thiazole rings is 1. The molecule has 0 radical (unpaired) electrons. The van der Waals surface area contributed by atoms with E-state index in [1.165, 1.54) is 11.3 Å². The van der Waals surface area contributed by atoms with E-state index in [0.29, 0.717) is 23.1 Å². The fraction of sp³-hybridized carbons (Fsp3) is 0.308. The summed E-state index contributed by atoms with van der Waals surface area (Å²) >= 11 is 1.33. The van der Waals surface area contributed by atoms with Gasteiger partial charge in [-0.15, -0.1) is 23.7 Å². The molecule has 0 spiro atoms. The number of amides is 2. The van der Waals surface area contributed by atoms with Crippen LogP contribution in [0.5, 0.6) is 0 Å². The molecule has 9 heteroatoms. The van der Waals surface area contributed by atoms with E-state index in [1.54, 1.807) is 19.3 Å². The molecule has 2 heterocycles. The quantitative estimate of drug-likeness (QED) is 0.635. The predicted molar refractivity (Wildman–Crippen MR) is 89.4 cm³/mol. The average molecular weight is 344 g/mol. The maximum absolute atomic E-state index is 11.9. The van der Waals surface area contributed by atoms with E-state index in [1.807, 2.05) is 12.3 Å². The number of nitrogens with one attached hydrogen (secondary N) is 3. The number of halogens is 1. The summed E-state index contributed by atoms with van der Waals surface area (Å²) in [5, 5.41) is 8.07. The third kappa shape index (κ3) is 4.30. The molecular weight excluding hydrogens is 326 g/mol. The first kappa shape index (κ1) is 18.1. The number of anilines is 1. The number of rotatable bonds is 6. The number of primary amides is 1. The minimum absolute atomic E-state index is 0. The van der Waals surface area contributed by atoms with Crippen LogP contribution in [-0.4, -0.2) is 35.4 Å². The van der Waals surface area contributed by atoms with Crippen molar-refractivity contribution in [1.82, 2.24) is 15.3 Å². The summed E-state index contributed by atoms with van der Waals surface area (Å²) < 4.78 is 0. The van der Waals surface area contributed by atoms with Gasteiger partial charge in [0.2, 0.25) is 5.91 Å². The molecule has 22 heavy (non-hydrogen) atoms. The van der Waals surface area contributed by atoms with Crippen LogP contribution in [0.25, 0.3) is 11.3 Å². The van der Waals surface area contributed by atoms with Crippen molar-refractivity contribution in [2.24, 2.45) is 11.7 Å². The largest absolute Gasteiger partial charge is 0.364 e. The van der Waals surface area contributed by atoms with E-state index in [4.69, 9.17) is 5.73 Å². The van der Waals surface area contributed by atoms with Gasteiger partial charge in [0, 0.05) is 29.6 Å². The second-order valence-corrected chi connectivity index (χ2v) is 5.51. The molecule has 0 aliphatic rings. The highest BCUT2D eigenvalue weighted by molar-refractivity contribution is 7.14. The smallest absolute Gasteiger partial charge is 0.265 e. The maximum atomic E-state index is 11.9. The third-order valence-corrected chi connectivity index (χ3v) is 3.69. The SMILES string of the molecule is CNCC(C)C(=O)Nc1nc(-c2c[nH]c(C(N)=O)c2)cs1.Cl. The molecule has 120 valence electrons. The lowest BCUT2D eigenvalue weighted by Crippen LogP contribution is -2.28. The molecule has 2 rings (SSSR count). The Kier molecular flexibility index (Phi) is 6.54. The zero-order chi connectivity index (χ0) is 15.4. The van der Waals surface area contributed by atoms with Crippen molar-refractivity contribution in [3.63, 3.8) is 0 Å². The zero-order valence-electron chi connectivity index (χ0n) is 12.2. The molecule has 2 aromatic heterocycles. The Morgan fingerprint density at radius 2 is 2.23 bits per heavy atom. The fourth-order valence-electron chi connectivity index (χ4n) is 1.78. The van der Waals surface area contributed by atoms with Gasteiger partial charge in [0.1, 0.15) is 5.69 Å². The fourth-order valence-corrected chi connectivity index (χ4v) is 2.50. The van der Waals surface area contributed by atoms with Gasteiger partial charge in [-0.05, 0) is 13.1 Å². The number of hydrogen-bond acceptors (Lipinski definition) is 5. The van der Waals surface area contributed by atoms with Crippen LogP contribution < -0.4 is 16.4 Å². The van der Waals surface area contributed by atoms with Crippen LogP contribution in [-0.2, 0) is 4.79 Å². The standard InChI is InChI=1S/C13H17N5O2S.ClH/c1-7(4-15-2)12(20)18-13-17-10(6-21-13)8-3-9(11(14)19)16-5-8;/h3,5-7,15-16H,4H2,1-2H3,(H2,14,19)(H,17,18,20);1H. The Morgan fingerprint density at radius 1 is 1.50 bits per heavy atom. The van der Waals surface area contributed by atoms with Gasteiger partial charge in [-0.1, -0.05) is 6.92 Å². The van der Waals surface area contributed by atoms with Crippen LogP contribution >= 0.6 is 23.7 Å². The van der Waals surface area contributed by atoms with Crippen LogP contribution in [0.4, 0.5) is 5.13 Å². The monoisotopic (exact) mass is 343 g/mol. The molecule has 2 amide bonds. The summed E-state index contributed by atoms with van der Waals surface area (Å²) in [6.45, 7) is 2.44. The molecule has 1 atom stereocenters. The summed E-state index contributed by atoms with van der Waals surface area (Å²) in [5.41, 5.74) is 6.95. The summed E-state index contributed by atoms with van der Waals surface area (Å²) in [4.78, 5) is 30.0. The number of carbonyl (C=O) groups excluding carboxylic acids is 2. The molecule has 5 N–H and O–H groups in total. The summed E-state index contributed by atoms with van der Waals surface area (Å²) in [6.07, 6.45) is 1.66. The molecular formula is C13H18ClN5O2S. The van der Waals surface area contributed by atoms with Crippen LogP contribution in [0.15, 0.2) is 17.6 Å². The van der Waals surface area contributed by atoms with Gasteiger partial charge >= 0.3 is 0 Å². The van der Waals surface area contributed by atoms with E-state index in [9.17, 15) is 9.59 Å². The van der Waals surface area contributed by atoms with E-state index in [-0.39, 0.29) is 24.2 Å². The normalized spacial score (nSPS) is 11.5. The summed E-state index contributed by atoms with van der Waals surface area (Å²) in [6, 6.07) is 1.63. The average Bonchev–Trinajstić information content (AvgIpc) is 3.06. The van der Waals surface area contributed by atoms with Gasteiger partial charge in [-0.3, -0.25) is 9.59 Å². The number of hydrogen-bond donors (Lipinski definition) is 4. The Labute approximate surface area is 138 Å². The first-order valence-electron chi connectivity index (χ1n) is 6.41. The van der Waals surface area contributed by atoms with Gasteiger partial charge in [-0.2, -0.15) is 0 Å². The molecule has 0 fully saturated rings. The molecule has 0 bridgehead atoms. The number of nitrogens with zero attached hydrogens (tertiary/aromatic N) is 1. The predicted octanol–water partition coefficient (Wildman–Crippen LogP) is 1.45. The van der Waals surface area contributed by atoms with Gasteiger partial charge in [-0.25, -0.2) is 4.98 Å². The highest BCUT2D eigenvalue weighted by Crippen LogP contribution is 2.25. The molecule has 1 unspecified atom stereocenters. The Balaban J connectivity index is 0.00000242. The van der Waals surface area contributed by atoms with E-state index in [2.05, 4.69) is 20.6 Å². The Morgan fingerprint density at radius 3 is 2.82 bits per heavy atom. The van der Waals surface area contributed by atoms with Crippen LogP contribution in [0, 0.1) is 5.92 Å². The second kappa shape index (κ2) is 7.92. The van der Waals surface area contributed by atoms with Crippen molar-refractivity contribution in [2.75, 3.05) is 18.9 Å². The molecule has 0 saturated heterocycles. The summed E-state index contributed by atoms with van der Waals surface area (Å²) in [7, 11) is 1.80. The molecule has 0 aromatic carbocycles. The van der Waals surface area contributed by atoms with Crippen molar-refractivity contribution in [3.05, 3.63) is 23.3 Å². The molecule has 2 aromatic rings. The highest BCUT2D eigenvalue weighted by Gasteiger charge is 2.15. The number of nitrogens with two attached hydrogens (primary N) is 1. The number of aromatic nitrogens is 2.